The Bertz CT molecular complexity index is 1090. The van der Waals surface area contributed by atoms with Crippen LogP contribution in [0.25, 0.3) is 0 Å². The van der Waals surface area contributed by atoms with Gasteiger partial charge in [0.2, 0.25) is 15.9 Å². The molecule has 1 N–H and O–H groups in total. The molecular formula is C23H32N6O3S. The normalized spacial score (nSPS) is 18.4. The van der Waals surface area contributed by atoms with Crippen LogP contribution in [0, 0.1) is 19.8 Å². The number of hydrogen-bond donors (Lipinski definition) is 1. The van der Waals surface area contributed by atoms with E-state index in [4.69, 9.17) is 0 Å². The number of aryl methyl sites for hydroxylation is 2. The summed E-state index contributed by atoms with van der Waals surface area (Å²) in [7, 11) is -3.18. The Kier molecular flexibility index (Phi) is 6.85. The molecule has 1 aromatic heterocycles. The molecule has 9 nitrogen and oxygen atoms in total. The summed E-state index contributed by atoms with van der Waals surface area (Å²) in [5.41, 5.74) is 2.18. The number of nitrogens with zero attached hydrogens (tertiary/aromatic N) is 5. The Morgan fingerprint density at radius 3 is 2.21 bits per heavy atom. The number of carbonyl (C=O) groups excluding carboxylic acids is 1. The molecule has 2 aliphatic heterocycles. The second-order valence-electron chi connectivity index (χ2n) is 8.90. The van der Waals surface area contributed by atoms with Crippen LogP contribution in [0.2, 0.25) is 0 Å². The molecule has 3 heterocycles. The lowest BCUT2D eigenvalue weighted by Gasteiger charge is -2.38. The molecule has 0 bridgehead atoms. The first-order valence-corrected chi connectivity index (χ1v) is 13.2. The molecule has 178 valence electrons. The second kappa shape index (κ2) is 9.64. The van der Waals surface area contributed by atoms with Gasteiger partial charge in [0.1, 0.15) is 17.5 Å². The maximum absolute atomic E-state index is 13.0. The largest absolute Gasteiger partial charge is 0.353 e. The number of aromatic nitrogens is 2. The van der Waals surface area contributed by atoms with Crippen molar-refractivity contribution in [2.45, 2.75) is 26.7 Å². The molecule has 2 saturated heterocycles. The summed E-state index contributed by atoms with van der Waals surface area (Å²) < 4.78 is 24.9. The van der Waals surface area contributed by atoms with Gasteiger partial charge >= 0.3 is 0 Å². The fraction of sp³-hybridized carbons (Fsp3) is 0.522. The molecule has 4 rings (SSSR count). The third-order valence-corrected chi connectivity index (χ3v) is 7.64. The molecule has 33 heavy (non-hydrogen) atoms. The second-order valence-corrected chi connectivity index (χ2v) is 10.9. The Labute approximate surface area is 195 Å². The third kappa shape index (κ3) is 5.80. The lowest BCUT2D eigenvalue weighted by Crippen LogP contribution is -2.52. The number of anilines is 3. The smallest absolute Gasteiger partial charge is 0.225 e. The van der Waals surface area contributed by atoms with E-state index in [-0.39, 0.29) is 11.8 Å². The molecule has 0 aliphatic carbocycles. The minimum absolute atomic E-state index is 0.0962. The average Bonchev–Trinajstić information content (AvgIpc) is 2.79. The van der Waals surface area contributed by atoms with Crippen LogP contribution < -0.4 is 10.2 Å². The van der Waals surface area contributed by atoms with Gasteiger partial charge in [-0.05, 0) is 38.8 Å². The number of amides is 1. The molecule has 2 aromatic rings. The minimum Gasteiger partial charge on any atom is -0.353 e. The van der Waals surface area contributed by atoms with Crippen LogP contribution in [-0.2, 0) is 14.8 Å². The number of sulfonamides is 1. The Balaban J connectivity index is 1.34. The first-order valence-electron chi connectivity index (χ1n) is 11.4. The van der Waals surface area contributed by atoms with Crippen molar-refractivity contribution in [1.29, 1.82) is 0 Å². The van der Waals surface area contributed by atoms with Crippen LogP contribution in [0.15, 0.2) is 30.3 Å². The number of nitrogens with one attached hydrogen (secondary N) is 1. The molecule has 0 unspecified atom stereocenters. The van der Waals surface area contributed by atoms with E-state index in [0.717, 1.165) is 17.3 Å². The number of benzene rings is 1. The van der Waals surface area contributed by atoms with Crippen LogP contribution in [0.4, 0.5) is 17.3 Å². The predicted octanol–water partition coefficient (Wildman–Crippen LogP) is 2.16. The first-order chi connectivity index (χ1) is 15.7. The summed E-state index contributed by atoms with van der Waals surface area (Å²) in [5, 5.41) is 3.35. The van der Waals surface area contributed by atoms with Crippen molar-refractivity contribution in [3.63, 3.8) is 0 Å². The monoisotopic (exact) mass is 472 g/mol. The number of hydrogen-bond acceptors (Lipinski definition) is 7. The highest BCUT2D eigenvalue weighted by atomic mass is 32.2. The van der Waals surface area contributed by atoms with Gasteiger partial charge in [-0.3, -0.25) is 4.79 Å². The highest BCUT2D eigenvalue weighted by molar-refractivity contribution is 7.88. The summed E-state index contributed by atoms with van der Waals surface area (Å²) in [6.45, 7) is 7.46. The van der Waals surface area contributed by atoms with Gasteiger partial charge in [0.25, 0.3) is 0 Å². The molecular weight excluding hydrogens is 440 g/mol. The Hall–Kier alpha value is -2.72. The van der Waals surface area contributed by atoms with Gasteiger partial charge in [0.05, 0.1) is 6.26 Å². The SMILES string of the molecule is Cc1ccc(Nc2cc(N3CCN(C(=O)C4CCN(S(C)(=O)=O)CC4)CC3)nc(C)n2)cc1. The van der Waals surface area contributed by atoms with Crippen molar-refractivity contribution in [3.8, 4) is 0 Å². The van der Waals surface area contributed by atoms with Crippen molar-refractivity contribution in [1.82, 2.24) is 19.2 Å². The minimum atomic E-state index is -3.18. The topological polar surface area (TPSA) is 98.7 Å². The molecule has 0 saturated carbocycles. The fourth-order valence-corrected chi connectivity index (χ4v) is 5.29. The first kappa shape index (κ1) is 23.4. The molecule has 0 atom stereocenters. The van der Waals surface area contributed by atoms with E-state index in [1.54, 1.807) is 0 Å². The lowest BCUT2D eigenvalue weighted by atomic mass is 9.96. The van der Waals surface area contributed by atoms with E-state index in [0.29, 0.717) is 57.9 Å². The highest BCUT2D eigenvalue weighted by Gasteiger charge is 2.32. The van der Waals surface area contributed by atoms with Crippen LogP contribution in [0.5, 0.6) is 0 Å². The van der Waals surface area contributed by atoms with Crippen molar-refractivity contribution < 1.29 is 13.2 Å². The highest BCUT2D eigenvalue weighted by Crippen LogP contribution is 2.24. The van der Waals surface area contributed by atoms with E-state index < -0.39 is 10.0 Å². The zero-order chi connectivity index (χ0) is 23.6. The maximum Gasteiger partial charge on any atom is 0.225 e. The maximum atomic E-state index is 13.0. The Morgan fingerprint density at radius 1 is 0.970 bits per heavy atom. The van der Waals surface area contributed by atoms with Crippen molar-refractivity contribution >= 4 is 33.3 Å². The zero-order valence-electron chi connectivity index (χ0n) is 19.5. The van der Waals surface area contributed by atoms with Gasteiger partial charge in [-0.15, -0.1) is 0 Å². The van der Waals surface area contributed by atoms with Gasteiger partial charge in [0, 0.05) is 56.9 Å². The summed E-state index contributed by atoms with van der Waals surface area (Å²) in [5.74, 6) is 2.34. The van der Waals surface area contributed by atoms with Gasteiger partial charge in [-0.2, -0.15) is 0 Å². The van der Waals surface area contributed by atoms with Crippen LogP contribution in [-0.4, -0.2) is 79.0 Å². The van der Waals surface area contributed by atoms with Crippen LogP contribution in [0.1, 0.15) is 24.2 Å². The molecule has 0 radical (unpaired) electrons. The van der Waals surface area contributed by atoms with E-state index >= 15 is 0 Å². The van der Waals surface area contributed by atoms with Gasteiger partial charge in [-0.25, -0.2) is 22.7 Å². The van der Waals surface area contributed by atoms with Crippen molar-refractivity contribution in [2.24, 2.45) is 5.92 Å². The molecule has 2 fully saturated rings. The predicted molar refractivity (Wildman–Crippen MR) is 129 cm³/mol. The van der Waals surface area contributed by atoms with Crippen molar-refractivity contribution in [3.05, 3.63) is 41.7 Å². The summed E-state index contributed by atoms with van der Waals surface area (Å²) in [4.78, 5) is 26.2. The molecule has 1 amide bonds. The summed E-state index contributed by atoms with van der Waals surface area (Å²) in [6, 6.07) is 10.1. The van der Waals surface area contributed by atoms with Gasteiger partial charge in [-0.1, -0.05) is 17.7 Å². The number of piperidine rings is 1. The fourth-order valence-electron chi connectivity index (χ4n) is 4.41. The lowest BCUT2D eigenvalue weighted by molar-refractivity contribution is -0.137. The molecule has 0 spiro atoms. The van der Waals surface area contributed by atoms with E-state index in [9.17, 15) is 13.2 Å². The number of carbonyl (C=O) groups is 1. The van der Waals surface area contributed by atoms with Gasteiger partial charge < -0.3 is 15.1 Å². The summed E-state index contributed by atoms with van der Waals surface area (Å²) >= 11 is 0. The van der Waals surface area contributed by atoms with E-state index in [1.807, 2.05) is 30.0 Å². The zero-order valence-corrected chi connectivity index (χ0v) is 20.3. The van der Waals surface area contributed by atoms with E-state index in [2.05, 4.69) is 39.2 Å². The standard InChI is InChI=1S/C23H32N6O3S/c1-17-4-6-20(7-5-17)26-21-16-22(25-18(2)24-21)27-12-14-28(15-13-27)23(30)19-8-10-29(11-9-19)33(3,31)32/h4-7,16,19H,8-15H2,1-3H3,(H,24,25,26). The summed E-state index contributed by atoms with van der Waals surface area (Å²) in [6.07, 6.45) is 2.40. The average molecular weight is 473 g/mol. The molecule has 1 aromatic carbocycles. The third-order valence-electron chi connectivity index (χ3n) is 6.34. The van der Waals surface area contributed by atoms with Crippen LogP contribution in [0.3, 0.4) is 0 Å². The van der Waals surface area contributed by atoms with Crippen molar-refractivity contribution in [2.75, 3.05) is 55.7 Å². The Morgan fingerprint density at radius 2 is 1.61 bits per heavy atom. The van der Waals surface area contributed by atoms with E-state index in [1.165, 1.54) is 16.1 Å². The quantitative estimate of drug-likeness (QED) is 0.712. The molecule has 2 aliphatic rings. The van der Waals surface area contributed by atoms with Gasteiger partial charge in [0.15, 0.2) is 0 Å². The number of piperazine rings is 1. The van der Waals surface area contributed by atoms with Crippen LogP contribution >= 0.6 is 0 Å². The number of rotatable bonds is 5. The molecule has 10 heteroatoms.